The fourth-order valence-corrected chi connectivity index (χ4v) is 8.92. The number of carbonyl (C=O) groups is 2. The van der Waals surface area contributed by atoms with Crippen molar-refractivity contribution in [2.24, 2.45) is 22.7 Å². The predicted octanol–water partition coefficient (Wildman–Crippen LogP) is 5.28. The van der Waals surface area contributed by atoms with E-state index in [-0.39, 0.29) is 35.8 Å². The zero-order valence-corrected chi connectivity index (χ0v) is 19.8. The van der Waals surface area contributed by atoms with Crippen molar-refractivity contribution in [3.63, 3.8) is 0 Å². The molecule has 0 N–H and O–H groups in total. The Hall–Kier alpha value is -0.943. The van der Waals surface area contributed by atoms with E-state index in [4.69, 9.17) is 9.16 Å². The Morgan fingerprint density at radius 1 is 1.14 bits per heavy atom. The van der Waals surface area contributed by atoms with Gasteiger partial charge in [0.1, 0.15) is 6.10 Å². The van der Waals surface area contributed by atoms with Gasteiger partial charge in [0.25, 0.3) is 0 Å². The van der Waals surface area contributed by atoms with Crippen LogP contribution in [0.15, 0.2) is 11.6 Å². The molecule has 2 fully saturated rings. The van der Waals surface area contributed by atoms with E-state index in [0.29, 0.717) is 11.8 Å². The summed E-state index contributed by atoms with van der Waals surface area (Å²) in [5, 5.41) is 0. The predicted molar refractivity (Wildman–Crippen MR) is 113 cm³/mol. The molecule has 158 valence electrons. The maximum atomic E-state index is 13.3. The van der Waals surface area contributed by atoms with E-state index in [1.807, 2.05) is 13.0 Å². The zero-order chi connectivity index (χ0) is 20.9. The van der Waals surface area contributed by atoms with Crippen LogP contribution in [-0.2, 0) is 18.8 Å². The third kappa shape index (κ3) is 3.22. The topological polar surface area (TPSA) is 52.6 Å². The number of rotatable bonds is 6. The molecule has 0 aromatic heterocycles. The van der Waals surface area contributed by atoms with Crippen molar-refractivity contribution in [2.75, 3.05) is 0 Å². The van der Waals surface area contributed by atoms with Gasteiger partial charge in [0, 0.05) is 0 Å². The monoisotopic (exact) mass is 406 g/mol. The minimum atomic E-state index is -1.79. The molecule has 0 radical (unpaired) electrons. The van der Waals surface area contributed by atoms with Crippen molar-refractivity contribution in [3.05, 3.63) is 11.6 Å². The minimum Gasteiger partial charge on any atom is -0.461 e. The molecule has 0 aromatic rings. The molecule has 0 spiro atoms. The van der Waals surface area contributed by atoms with Crippen LogP contribution in [0.5, 0.6) is 0 Å². The molecule has 28 heavy (non-hydrogen) atoms. The third-order valence-electron chi connectivity index (χ3n) is 8.38. The van der Waals surface area contributed by atoms with Gasteiger partial charge < -0.3 is 9.16 Å². The van der Waals surface area contributed by atoms with Gasteiger partial charge in [0.2, 0.25) is 0 Å². The number of ether oxygens (including phenoxy) is 1. The van der Waals surface area contributed by atoms with Gasteiger partial charge in [-0.2, -0.15) is 0 Å². The first-order chi connectivity index (χ1) is 13.0. The standard InChI is InChI=1S/C23H38O4Si/c1-8-28(9-2,10-3)27-18-11-16(15(4)5)22(6)13-20-23(7,14-21(25)26-20)19(24)12-17(18)22/h12,15-16,18,20H,8-11,13-14H2,1-7H3/t16-,18+,20+,22-,23-/m0/s1. The van der Waals surface area contributed by atoms with Crippen molar-refractivity contribution in [2.45, 2.75) is 98.1 Å². The van der Waals surface area contributed by atoms with Gasteiger partial charge in [-0.1, -0.05) is 41.5 Å². The maximum Gasteiger partial charge on any atom is 0.307 e. The minimum absolute atomic E-state index is 0.0333. The van der Waals surface area contributed by atoms with E-state index >= 15 is 0 Å². The van der Waals surface area contributed by atoms with Gasteiger partial charge in [0.05, 0.1) is 17.9 Å². The fraction of sp³-hybridized carbons (Fsp3) is 0.826. The number of hydrogen-bond donors (Lipinski definition) is 0. The van der Waals surface area contributed by atoms with E-state index in [2.05, 4.69) is 41.5 Å². The first-order valence-corrected chi connectivity index (χ1v) is 13.7. The first kappa shape index (κ1) is 21.8. The highest BCUT2D eigenvalue weighted by atomic mass is 28.4. The third-order valence-corrected chi connectivity index (χ3v) is 13.0. The number of fused-ring (bicyclic) bond motifs is 2. The van der Waals surface area contributed by atoms with Gasteiger partial charge in [-0.3, -0.25) is 9.59 Å². The fourth-order valence-electron chi connectivity index (χ4n) is 6.10. The molecule has 5 atom stereocenters. The number of carbonyl (C=O) groups excluding carboxylic acids is 2. The normalized spacial score (nSPS) is 38.1. The van der Waals surface area contributed by atoms with Crippen molar-refractivity contribution >= 4 is 20.1 Å². The maximum absolute atomic E-state index is 13.3. The van der Waals surface area contributed by atoms with Crippen LogP contribution >= 0.6 is 0 Å². The molecule has 0 bridgehead atoms. The molecule has 0 aromatic carbocycles. The van der Waals surface area contributed by atoms with Crippen LogP contribution in [0, 0.1) is 22.7 Å². The summed E-state index contributed by atoms with van der Waals surface area (Å²) in [6, 6.07) is 3.33. The molecule has 1 saturated carbocycles. The first-order valence-electron chi connectivity index (χ1n) is 11.2. The van der Waals surface area contributed by atoms with Gasteiger partial charge in [-0.15, -0.1) is 0 Å². The molecule has 0 unspecified atom stereocenters. The van der Waals surface area contributed by atoms with E-state index in [1.165, 1.54) is 5.57 Å². The van der Waals surface area contributed by atoms with Crippen LogP contribution < -0.4 is 0 Å². The van der Waals surface area contributed by atoms with Gasteiger partial charge >= 0.3 is 5.97 Å². The van der Waals surface area contributed by atoms with Gasteiger partial charge in [-0.25, -0.2) is 0 Å². The number of esters is 1. The highest BCUT2D eigenvalue weighted by Gasteiger charge is 2.60. The Balaban J connectivity index is 2.05. The van der Waals surface area contributed by atoms with Crippen molar-refractivity contribution in [1.82, 2.24) is 0 Å². The van der Waals surface area contributed by atoms with Crippen molar-refractivity contribution in [1.29, 1.82) is 0 Å². The quantitative estimate of drug-likeness (QED) is 0.445. The Labute approximate surface area is 171 Å². The zero-order valence-electron chi connectivity index (χ0n) is 18.8. The Bertz CT molecular complexity index is 672. The Kier molecular flexibility index (Phi) is 5.74. The summed E-state index contributed by atoms with van der Waals surface area (Å²) in [4.78, 5) is 25.3. The molecule has 5 heteroatoms. The van der Waals surface area contributed by atoms with E-state index in [9.17, 15) is 9.59 Å². The smallest absolute Gasteiger partial charge is 0.307 e. The molecule has 1 aliphatic heterocycles. The highest BCUT2D eigenvalue weighted by Crippen LogP contribution is 2.59. The molecule has 2 aliphatic carbocycles. The molecule has 1 saturated heterocycles. The summed E-state index contributed by atoms with van der Waals surface area (Å²) in [6.07, 6.45) is 3.48. The summed E-state index contributed by atoms with van der Waals surface area (Å²) in [7, 11) is -1.79. The summed E-state index contributed by atoms with van der Waals surface area (Å²) in [5.74, 6) is 0.731. The molecule has 1 heterocycles. The lowest BCUT2D eigenvalue weighted by Crippen LogP contribution is -2.40. The molecule has 3 aliphatic rings. The SMILES string of the molecule is CC[Si](CC)(CC)O[C@@H]1C[C@@H](C(C)C)[C@]2(C)C[C@H]3OC(=O)C[C@@]3(C)C(=O)C=C12. The van der Waals surface area contributed by atoms with Crippen LogP contribution in [-0.4, -0.2) is 32.3 Å². The van der Waals surface area contributed by atoms with Crippen molar-refractivity contribution < 1.29 is 18.8 Å². The Morgan fingerprint density at radius 2 is 1.75 bits per heavy atom. The molecular formula is C23H38O4Si. The van der Waals surface area contributed by atoms with Gasteiger partial charge in [-0.05, 0) is 66.8 Å². The average molecular weight is 407 g/mol. The molecular weight excluding hydrogens is 368 g/mol. The number of ketones is 1. The van der Waals surface area contributed by atoms with Crippen LogP contribution in [0.4, 0.5) is 0 Å². The lowest BCUT2D eigenvalue weighted by molar-refractivity contribution is -0.143. The van der Waals surface area contributed by atoms with E-state index in [1.54, 1.807) is 0 Å². The molecule has 0 amide bonds. The second-order valence-electron chi connectivity index (χ2n) is 10.1. The molecule has 3 rings (SSSR count). The second-order valence-corrected chi connectivity index (χ2v) is 14.8. The van der Waals surface area contributed by atoms with E-state index < -0.39 is 13.7 Å². The summed E-state index contributed by atoms with van der Waals surface area (Å²) in [6.45, 7) is 15.5. The average Bonchev–Trinajstić information content (AvgIpc) is 3.05. The van der Waals surface area contributed by atoms with Crippen LogP contribution in [0.3, 0.4) is 0 Å². The number of hydrogen-bond acceptors (Lipinski definition) is 4. The van der Waals surface area contributed by atoms with E-state index in [0.717, 1.165) is 31.0 Å². The van der Waals surface area contributed by atoms with Crippen LogP contribution in [0.1, 0.15) is 67.7 Å². The van der Waals surface area contributed by atoms with Crippen molar-refractivity contribution in [3.8, 4) is 0 Å². The number of allylic oxidation sites excluding steroid dienone is 1. The summed E-state index contributed by atoms with van der Waals surface area (Å²) >= 11 is 0. The summed E-state index contributed by atoms with van der Waals surface area (Å²) < 4.78 is 12.6. The largest absolute Gasteiger partial charge is 0.461 e. The van der Waals surface area contributed by atoms with Crippen LogP contribution in [0.2, 0.25) is 18.1 Å². The molecule has 4 nitrogen and oxygen atoms in total. The van der Waals surface area contributed by atoms with Crippen LogP contribution in [0.25, 0.3) is 0 Å². The van der Waals surface area contributed by atoms with Gasteiger partial charge in [0.15, 0.2) is 14.1 Å². The lowest BCUT2D eigenvalue weighted by Gasteiger charge is -2.38. The Morgan fingerprint density at radius 3 is 2.29 bits per heavy atom. The second kappa shape index (κ2) is 7.39. The highest BCUT2D eigenvalue weighted by molar-refractivity contribution is 6.73. The summed E-state index contributed by atoms with van der Waals surface area (Å²) in [5.41, 5.74) is 0.296. The lowest BCUT2D eigenvalue weighted by atomic mass is 9.67.